The number of nitrogens with zero attached hydrogens (tertiary/aromatic N) is 2. The number of thioether (sulfide) groups is 1. The minimum Gasteiger partial charge on any atom is -0.497 e. The van der Waals surface area contributed by atoms with Gasteiger partial charge in [0.2, 0.25) is 0 Å². The van der Waals surface area contributed by atoms with Crippen molar-refractivity contribution in [3.63, 3.8) is 0 Å². The molecule has 3 nitrogen and oxygen atoms in total. The Bertz CT molecular complexity index is 903. The molecule has 4 rings (SSSR count). The molecular weight excluding hydrogens is 337 g/mol. The molecule has 124 valence electrons. The van der Waals surface area contributed by atoms with Gasteiger partial charge in [0.25, 0.3) is 0 Å². The summed E-state index contributed by atoms with van der Waals surface area (Å²) in [5, 5.41) is -0.0839. The van der Waals surface area contributed by atoms with E-state index in [9.17, 15) is 13.2 Å². The van der Waals surface area contributed by atoms with Gasteiger partial charge in [-0.15, -0.1) is 11.8 Å². The van der Waals surface area contributed by atoms with Gasteiger partial charge in [0.1, 0.15) is 16.9 Å². The molecule has 24 heavy (non-hydrogen) atoms. The highest BCUT2D eigenvalue weighted by atomic mass is 32.2. The van der Waals surface area contributed by atoms with Crippen LogP contribution < -0.4 is 4.74 Å². The molecule has 3 aromatic rings. The molecule has 1 aliphatic rings. The topological polar surface area (TPSA) is 27.1 Å². The van der Waals surface area contributed by atoms with Crippen LogP contribution in [0.4, 0.5) is 13.2 Å². The van der Waals surface area contributed by atoms with Gasteiger partial charge in [-0.3, -0.25) is 0 Å². The van der Waals surface area contributed by atoms with Crippen LogP contribution in [-0.4, -0.2) is 16.7 Å². The molecule has 0 amide bonds. The van der Waals surface area contributed by atoms with E-state index in [1.54, 1.807) is 31.0 Å². The number of fused-ring (bicyclic) bond motifs is 3. The average molecular weight is 350 g/mol. The van der Waals surface area contributed by atoms with Gasteiger partial charge in [0.05, 0.1) is 29.5 Å². The van der Waals surface area contributed by atoms with Crippen LogP contribution in [0.2, 0.25) is 0 Å². The van der Waals surface area contributed by atoms with E-state index >= 15 is 0 Å². The minimum atomic E-state index is -4.32. The first-order chi connectivity index (χ1) is 11.5. The first kappa shape index (κ1) is 15.4. The van der Waals surface area contributed by atoms with Crippen LogP contribution in [0.3, 0.4) is 0 Å². The zero-order valence-corrected chi connectivity index (χ0v) is 13.5. The first-order valence-electron chi connectivity index (χ1n) is 7.31. The van der Waals surface area contributed by atoms with Gasteiger partial charge in [-0.1, -0.05) is 12.1 Å². The second kappa shape index (κ2) is 5.44. The lowest BCUT2D eigenvalue weighted by atomic mass is 10.1. The highest BCUT2D eigenvalue weighted by Gasteiger charge is 2.32. The summed E-state index contributed by atoms with van der Waals surface area (Å²) in [6, 6.07) is 11.0. The third kappa shape index (κ3) is 2.43. The highest BCUT2D eigenvalue weighted by molar-refractivity contribution is 7.99. The number of hydrogen-bond acceptors (Lipinski definition) is 3. The van der Waals surface area contributed by atoms with E-state index < -0.39 is 11.7 Å². The zero-order valence-electron chi connectivity index (χ0n) is 12.7. The molecule has 1 aromatic heterocycles. The highest BCUT2D eigenvalue weighted by Crippen LogP contribution is 2.43. The van der Waals surface area contributed by atoms with Gasteiger partial charge in [0, 0.05) is 6.07 Å². The van der Waals surface area contributed by atoms with E-state index in [4.69, 9.17) is 4.74 Å². The molecule has 0 aliphatic carbocycles. The number of imidazole rings is 1. The Balaban J connectivity index is 1.78. The standard InChI is InChI=1S/C17H13F3N2OS/c1-23-12-6-7-13-14(8-12)22-15(21-13)9-24-16(22)10-2-4-11(5-3-10)17(18,19)20/h2-8,16H,9H2,1H3. The number of ether oxygens (including phenoxy) is 1. The molecule has 2 heterocycles. The van der Waals surface area contributed by atoms with E-state index in [1.807, 2.05) is 18.2 Å². The summed E-state index contributed by atoms with van der Waals surface area (Å²) in [4.78, 5) is 4.61. The Morgan fingerprint density at radius 1 is 1.17 bits per heavy atom. The summed E-state index contributed by atoms with van der Waals surface area (Å²) in [6.07, 6.45) is -4.32. The number of benzene rings is 2. The normalized spacial score (nSPS) is 17.2. The molecule has 0 spiro atoms. The molecule has 7 heteroatoms. The number of alkyl halides is 3. The van der Waals surface area contributed by atoms with Gasteiger partial charge >= 0.3 is 6.18 Å². The SMILES string of the molecule is COc1ccc2nc3n(c2c1)C(c1ccc(C(F)(F)F)cc1)SC3. The molecule has 1 unspecified atom stereocenters. The second-order valence-electron chi connectivity index (χ2n) is 5.54. The van der Waals surface area contributed by atoms with Gasteiger partial charge in [-0.05, 0) is 29.8 Å². The third-order valence-corrected chi connectivity index (χ3v) is 5.32. The maximum absolute atomic E-state index is 12.7. The van der Waals surface area contributed by atoms with E-state index in [2.05, 4.69) is 9.55 Å². The lowest BCUT2D eigenvalue weighted by Gasteiger charge is -2.15. The number of hydrogen-bond donors (Lipinski definition) is 0. The fraction of sp³-hybridized carbons (Fsp3) is 0.235. The Labute approximate surface area is 140 Å². The van der Waals surface area contributed by atoms with Gasteiger partial charge in [0.15, 0.2) is 0 Å². The number of halogens is 3. The summed E-state index contributed by atoms with van der Waals surface area (Å²) >= 11 is 1.65. The quantitative estimate of drug-likeness (QED) is 0.661. The number of aromatic nitrogens is 2. The molecule has 2 aromatic carbocycles. The molecule has 0 N–H and O–H groups in total. The molecule has 0 saturated carbocycles. The van der Waals surface area contributed by atoms with Crippen molar-refractivity contribution in [2.75, 3.05) is 7.11 Å². The van der Waals surface area contributed by atoms with E-state index in [0.717, 1.165) is 46.1 Å². The van der Waals surface area contributed by atoms with Crippen LogP contribution in [0.5, 0.6) is 5.75 Å². The van der Waals surface area contributed by atoms with Crippen molar-refractivity contribution in [3.05, 3.63) is 59.4 Å². The number of rotatable bonds is 2. The van der Waals surface area contributed by atoms with Crippen LogP contribution in [0.15, 0.2) is 42.5 Å². The summed E-state index contributed by atoms with van der Waals surface area (Å²) in [6.45, 7) is 0. The molecule has 1 aliphatic heterocycles. The maximum atomic E-state index is 12.7. The van der Waals surface area contributed by atoms with Crippen molar-refractivity contribution in [2.45, 2.75) is 17.3 Å². The molecule has 1 atom stereocenters. The van der Waals surface area contributed by atoms with Crippen molar-refractivity contribution in [1.82, 2.24) is 9.55 Å². The molecule has 0 bridgehead atoms. The number of methoxy groups -OCH3 is 1. The van der Waals surface area contributed by atoms with E-state index in [0.29, 0.717) is 0 Å². The van der Waals surface area contributed by atoms with Gasteiger partial charge in [-0.2, -0.15) is 13.2 Å². The minimum absolute atomic E-state index is 0.0839. The Hall–Kier alpha value is -2.15. The van der Waals surface area contributed by atoms with E-state index in [1.165, 1.54) is 0 Å². The van der Waals surface area contributed by atoms with Crippen molar-refractivity contribution in [1.29, 1.82) is 0 Å². The van der Waals surface area contributed by atoms with Crippen molar-refractivity contribution >= 4 is 22.8 Å². The average Bonchev–Trinajstić information content (AvgIpc) is 3.12. The van der Waals surface area contributed by atoms with Crippen LogP contribution in [0, 0.1) is 0 Å². The predicted octanol–water partition coefficient (Wildman–Crippen LogP) is 4.86. The van der Waals surface area contributed by atoms with Crippen LogP contribution in [0.1, 0.15) is 22.3 Å². The monoisotopic (exact) mass is 350 g/mol. The summed E-state index contributed by atoms with van der Waals surface area (Å²) < 4.78 is 45.6. The summed E-state index contributed by atoms with van der Waals surface area (Å²) in [5.74, 6) is 2.38. The molecule has 0 saturated heterocycles. The first-order valence-corrected chi connectivity index (χ1v) is 8.36. The summed E-state index contributed by atoms with van der Waals surface area (Å²) in [5.41, 5.74) is 1.99. The Morgan fingerprint density at radius 2 is 1.92 bits per heavy atom. The Morgan fingerprint density at radius 3 is 2.58 bits per heavy atom. The second-order valence-corrected chi connectivity index (χ2v) is 6.60. The third-order valence-electron chi connectivity index (χ3n) is 4.10. The lowest BCUT2D eigenvalue weighted by molar-refractivity contribution is -0.137. The van der Waals surface area contributed by atoms with Crippen LogP contribution >= 0.6 is 11.8 Å². The lowest BCUT2D eigenvalue weighted by Crippen LogP contribution is -2.07. The largest absolute Gasteiger partial charge is 0.497 e. The predicted molar refractivity (Wildman–Crippen MR) is 87.2 cm³/mol. The maximum Gasteiger partial charge on any atom is 0.416 e. The van der Waals surface area contributed by atoms with Gasteiger partial charge in [-0.25, -0.2) is 4.98 Å². The molecule has 0 fully saturated rings. The Kier molecular flexibility index (Phi) is 3.49. The van der Waals surface area contributed by atoms with Crippen molar-refractivity contribution < 1.29 is 17.9 Å². The molecular formula is C17H13F3N2OS. The smallest absolute Gasteiger partial charge is 0.416 e. The van der Waals surface area contributed by atoms with Crippen molar-refractivity contribution in [2.24, 2.45) is 0 Å². The molecule has 0 radical (unpaired) electrons. The summed E-state index contributed by atoms with van der Waals surface area (Å²) in [7, 11) is 1.60. The van der Waals surface area contributed by atoms with Crippen molar-refractivity contribution in [3.8, 4) is 5.75 Å². The zero-order chi connectivity index (χ0) is 16.9. The van der Waals surface area contributed by atoms with Crippen LogP contribution in [-0.2, 0) is 11.9 Å². The fourth-order valence-electron chi connectivity index (χ4n) is 2.92. The van der Waals surface area contributed by atoms with E-state index in [-0.39, 0.29) is 5.37 Å². The van der Waals surface area contributed by atoms with Crippen LogP contribution in [0.25, 0.3) is 11.0 Å². The van der Waals surface area contributed by atoms with Gasteiger partial charge < -0.3 is 9.30 Å². The fourth-order valence-corrected chi connectivity index (χ4v) is 4.17.